The monoisotopic (exact) mass is 212 g/mol. The van der Waals surface area contributed by atoms with Crippen LogP contribution in [0.2, 0.25) is 5.04 Å². The Morgan fingerprint density at radius 2 is 1.57 bits per heavy atom. The number of hydrogen-bond donors (Lipinski definition) is 0. The maximum Gasteiger partial charge on any atom is 0.0107 e. The van der Waals surface area contributed by atoms with Gasteiger partial charge in [-0.1, -0.05) is 58.4 Å². The minimum absolute atomic E-state index is 0.722. The van der Waals surface area contributed by atoms with Gasteiger partial charge in [0.15, 0.2) is 0 Å². The van der Waals surface area contributed by atoms with Crippen molar-refractivity contribution in [2.24, 2.45) is 0 Å². The fraction of sp³-hybridized carbons (Fsp3) is 0.846. The Kier molecular flexibility index (Phi) is 8.25. The van der Waals surface area contributed by atoms with E-state index in [4.69, 9.17) is 0 Å². The van der Waals surface area contributed by atoms with Gasteiger partial charge in [0, 0.05) is 10.2 Å². The number of unbranched alkanes of at least 4 members (excludes halogenated alkanes) is 2. The highest BCUT2D eigenvalue weighted by atomic mass is 28.1. The third kappa shape index (κ3) is 6.42. The molecule has 1 heteroatoms. The van der Waals surface area contributed by atoms with Crippen LogP contribution in [0.5, 0.6) is 0 Å². The molecule has 0 radical (unpaired) electrons. The molecule has 0 N–H and O–H groups in total. The lowest BCUT2D eigenvalue weighted by molar-refractivity contribution is 0.419. The van der Waals surface area contributed by atoms with E-state index >= 15 is 0 Å². The summed E-state index contributed by atoms with van der Waals surface area (Å²) in [5, 5.41) is 0.722. The van der Waals surface area contributed by atoms with Crippen molar-refractivity contribution < 1.29 is 0 Å². The summed E-state index contributed by atoms with van der Waals surface area (Å²) in [6, 6.07) is 0. The first-order valence-electron chi connectivity index (χ1n) is 6.29. The summed E-state index contributed by atoms with van der Waals surface area (Å²) in [5.74, 6) is 0. The second kappa shape index (κ2) is 8.28. The zero-order valence-electron chi connectivity index (χ0n) is 10.4. The van der Waals surface area contributed by atoms with Crippen LogP contribution in [-0.4, -0.2) is 10.2 Å². The maximum atomic E-state index is 3.84. The molecule has 0 spiro atoms. The summed E-state index contributed by atoms with van der Waals surface area (Å²) >= 11 is 0. The molecule has 84 valence electrons. The minimum atomic E-state index is 0.722. The van der Waals surface area contributed by atoms with Crippen LogP contribution < -0.4 is 0 Å². The van der Waals surface area contributed by atoms with E-state index in [-0.39, 0.29) is 0 Å². The van der Waals surface area contributed by atoms with Crippen LogP contribution in [0.25, 0.3) is 0 Å². The zero-order valence-corrected chi connectivity index (χ0v) is 12.4. The van der Waals surface area contributed by atoms with Gasteiger partial charge in [0.1, 0.15) is 0 Å². The Hall–Kier alpha value is -0.0431. The topological polar surface area (TPSA) is 0 Å². The number of hydrogen-bond acceptors (Lipinski definition) is 0. The van der Waals surface area contributed by atoms with Crippen molar-refractivity contribution >= 4 is 10.2 Å². The van der Waals surface area contributed by atoms with E-state index in [0.29, 0.717) is 0 Å². The molecule has 0 heterocycles. The van der Waals surface area contributed by atoms with Crippen LogP contribution in [0.3, 0.4) is 0 Å². The molecule has 0 aliphatic heterocycles. The van der Waals surface area contributed by atoms with Crippen LogP contribution in [0.4, 0.5) is 0 Å². The highest BCUT2D eigenvalue weighted by Crippen LogP contribution is 2.39. The standard InChI is InChI=1S/C13H28Si/c1-4-7-10-13(14,11-8-5-2)12-9-6-3/h4H,1,5-12H2,2-3,14H3. The molecule has 0 saturated heterocycles. The van der Waals surface area contributed by atoms with E-state index in [1.54, 1.807) is 0 Å². The van der Waals surface area contributed by atoms with Gasteiger partial charge >= 0.3 is 0 Å². The summed E-state index contributed by atoms with van der Waals surface area (Å²) in [5.41, 5.74) is 0. The first-order chi connectivity index (χ1) is 6.68. The van der Waals surface area contributed by atoms with Crippen molar-refractivity contribution in [2.75, 3.05) is 0 Å². The molecule has 0 atom stereocenters. The normalized spacial score (nSPS) is 11.9. The van der Waals surface area contributed by atoms with Crippen LogP contribution in [-0.2, 0) is 0 Å². The van der Waals surface area contributed by atoms with Gasteiger partial charge in [0.2, 0.25) is 0 Å². The van der Waals surface area contributed by atoms with E-state index in [0.717, 1.165) is 5.04 Å². The van der Waals surface area contributed by atoms with Crippen LogP contribution in [0, 0.1) is 0 Å². The van der Waals surface area contributed by atoms with Gasteiger partial charge in [-0.3, -0.25) is 0 Å². The predicted octanol–water partition coefficient (Wildman–Crippen LogP) is 3.86. The molecule has 0 amide bonds. The van der Waals surface area contributed by atoms with Crippen molar-refractivity contribution in [1.82, 2.24) is 0 Å². The van der Waals surface area contributed by atoms with Gasteiger partial charge in [0.25, 0.3) is 0 Å². The molecule has 0 aliphatic carbocycles. The fourth-order valence-electron chi connectivity index (χ4n) is 2.03. The van der Waals surface area contributed by atoms with E-state index < -0.39 is 0 Å². The smallest absolute Gasteiger partial charge is 0.0107 e. The lowest BCUT2D eigenvalue weighted by Crippen LogP contribution is -2.12. The van der Waals surface area contributed by atoms with Crippen LogP contribution in [0.15, 0.2) is 12.7 Å². The lowest BCUT2D eigenvalue weighted by atomic mass is 9.90. The van der Waals surface area contributed by atoms with Crippen molar-refractivity contribution in [3.05, 3.63) is 12.7 Å². The van der Waals surface area contributed by atoms with Crippen LogP contribution >= 0.6 is 0 Å². The summed E-state index contributed by atoms with van der Waals surface area (Å²) in [4.78, 5) is 0. The second-order valence-corrected chi connectivity index (χ2v) is 6.97. The Labute approximate surface area is 93.6 Å². The molecule has 0 aromatic carbocycles. The molecule has 0 aromatic heterocycles. The third-order valence-electron chi connectivity index (χ3n) is 3.22. The molecule has 0 aromatic rings. The first kappa shape index (κ1) is 14.0. The molecule has 0 aliphatic rings. The van der Waals surface area contributed by atoms with E-state index in [9.17, 15) is 0 Å². The predicted molar refractivity (Wildman–Crippen MR) is 71.1 cm³/mol. The van der Waals surface area contributed by atoms with Crippen molar-refractivity contribution in [3.63, 3.8) is 0 Å². The molecule has 0 bridgehead atoms. The summed E-state index contributed by atoms with van der Waals surface area (Å²) in [6.07, 6.45) is 13.2. The highest BCUT2D eigenvalue weighted by Gasteiger charge is 2.21. The number of rotatable bonds is 9. The van der Waals surface area contributed by atoms with E-state index in [2.05, 4.69) is 26.5 Å². The second-order valence-electron chi connectivity index (χ2n) is 4.85. The maximum absolute atomic E-state index is 3.84. The lowest BCUT2D eigenvalue weighted by Gasteiger charge is -2.29. The molecule has 0 fully saturated rings. The minimum Gasteiger partial charge on any atom is -0.103 e. The van der Waals surface area contributed by atoms with Crippen molar-refractivity contribution in [2.45, 2.75) is 70.3 Å². The van der Waals surface area contributed by atoms with Gasteiger partial charge in [-0.2, -0.15) is 0 Å². The average molecular weight is 212 g/mol. The van der Waals surface area contributed by atoms with Gasteiger partial charge in [0.05, 0.1) is 0 Å². The first-order valence-corrected chi connectivity index (χ1v) is 7.29. The Morgan fingerprint density at radius 3 is 1.93 bits per heavy atom. The average Bonchev–Trinajstić information content (AvgIpc) is 2.21. The summed E-state index contributed by atoms with van der Waals surface area (Å²) < 4.78 is 0. The van der Waals surface area contributed by atoms with Gasteiger partial charge < -0.3 is 0 Å². The molecular weight excluding hydrogens is 184 g/mol. The molecule has 0 saturated carbocycles. The quantitative estimate of drug-likeness (QED) is 0.402. The SMILES string of the molecule is C=CCCC([SiH3])(CCCC)CCCC. The summed E-state index contributed by atoms with van der Waals surface area (Å²) in [6.45, 7) is 8.44. The Bertz CT molecular complexity index is 132. The molecule has 0 rings (SSSR count). The highest BCUT2D eigenvalue weighted by molar-refractivity contribution is 6.15. The molecule has 14 heavy (non-hydrogen) atoms. The third-order valence-corrected chi connectivity index (χ3v) is 4.72. The number of allylic oxidation sites excluding steroid dienone is 1. The summed E-state index contributed by atoms with van der Waals surface area (Å²) in [7, 11) is 1.36. The van der Waals surface area contributed by atoms with Gasteiger partial charge in [-0.15, -0.1) is 6.58 Å². The zero-order chi connectivity index (χ0) is 10.9. The van der Waals surface area contributed by atoms with Crippen molar-refractivity contribution in [1.29, 1.82) is 0 Å². The van der Waals surface area contributed by atoms with Crippen LogP contribution in [0.1, 0.15) is 65.2 Å². The van der Waals surface area contributed by atoms with E-state index in [1.807, 2.05) is 0 Å². The van der Waals surface area contributed by atoms with Gasteiger partial charge in [-0.05, 0) is 17.9 Å². The molecule has 0 nitrogen and oxygen atoms in total. The van der Waals surface area contributed by atoms with Crippen molar-refractivity contribution in [3.8, 4) is 0 Å². The largest absolute Gasteiger partial charge is 0.103 e. The Morgan fingerprint density at radius 1 is 1.07 bits per heavy atom. The van der Waals surface area contributed by atoms with Gasteiger partial charge in [-0.25, -0.2) is 0 Å². The fourth-order valence-corrected chi connectivity index (χ4v) is 3.03. The Balaban J connectivity index is 3.95. The molecular formula is C13H28Si. The molecule has 0 unspecified atom stereocenters. The van der Waals surface area contributed by atoms with E-state index in [1.165, 1.54) is 61.6 Å².